The molecule has 5 heteroatoms. The average Bonchev–Trinajstić information content (AvgIpc) is 2.45. The first-order valence-corrected chi connectivity index (χ1v) is 7.73. The summed E-state index contributed by atoms with van der Waals surface area (Å²) in [6, 6.07) is 8.11. The molecule has 4 nitrogen and oxygen atoms in total. The van der Waals surface area contributed by atoms with E-state index in [0.29, 0.717) is 13.2 Å². The molecule has 3 N–H and O–H groups in total. The van der Waals surface area contributed by atoms with Crippen molar-refractivity contribution in [1.82, 2.24) is 5.43 Å². The molecule has 0 bridgehead atoms. The van der Waals surface area contributed by atoms with E-state index in [-0.39, 0.29) is 6.04 Å². The fourth-order valence-corrected chi connectivity index (χ4v) is 2.67. The van der Waals surface area contributed by atoms with Crippen LogP contribution in [0.4, 0.5) is 0 Å². The molecule has 0 aliphatic rings. The zero-order valence-corrected chi connectivity index (χ0v) is 12.5. The SMILES string of the molecule is CCCSCC(NN)c1ccccc1OCCOC. The molecule has 0 saturated heterocycles. The lowest BCUT2D eigenvalue weighted by Crippen LogP contribution is -2.30. The summed E-state index contributed by atoms with van der Waals surface area (Å²) in [5.41, 5.74) is 3.98. The van der Waals surface area contributed by atoms with Gasteiger partial charge in [-0.2, -0.15) is 11.8 Å². The van der Waals surface area contributed by atoms with Gasteiger partial charge in [0.2, 0.25) is 0 Å². The largest absolute Gasteiger partial charge is 0.491 e. The third-order valence-corrected chi connectivity index (χ3v) is 3.94. The molecule has 1 atom stereocenters. The number of hydrogen-bond donors (Lipinski definition) is 2. The second kappa shape index (κ2) is 10.1. The van der Waals surface area contributed by atoms with Gasteiger partial charge in [-0.15, -0.1) is 0 Å². The van der Waals surface area contributed by atoms with Gasteiger partial charge in [-0.25, -0.2) is 0 Å². The maximum atomic E-state index is 5.74. The van der Waals surface area contributed by atoms with Crippen molar-refractivity contribution in [3.05, 3.63) is 29.8 Å². The van der Waals surface area contributed by atoms with Crippen LogP contribution in [0.25, 0.3) is 0 Å². The number of para-hydroxylation sites is 1. The molecule has 1 rings (SSSR count). The molecule has 0 aliphatic heterocycles. The quantitative estimate of drug-likeness (QED) is 0.392. The Labute approximate surface area is 120 Å². The van der Waals surface area contributed by atoms with Gasteiger partial charge in [0, 0.05) is 18.4 Å². The number of ether oxygens (including phenoxy) is 2. The van der Waals surface area contributed by atoms with Crippen LogP contribution in [0.1, 0.15) is 24.9 Å². The molecule has 1 unspecified atom stereocenters. The normalized spacial score (nSPS) is 12.4. The van der Waals surface area contributed by atoms with Crippen LogP contribution >= 0.6 is 11.8 Å². The predicted octanol–water partition coefficient (Wildman–Crippen LogP) is 2.36. The highest BCUT2D eigenvalue weighted by atomic mass is 32.2. The molecule has 0 heterocycles. The molecule has 108 valence electrons. The van der Waals surface area contributed by atoms with Gasteiger partial charge >= 0.3 is 0 Å². The fraction of sp³-hybridized carbons (Fsp3) is 0.571. The zero-order valence-electron chi connectivity index (χ0n) is 11.7. The van der Waals surface area contributed by atoms with Gasteiger partial charge in [0.25, 0.3) is 0 Å². The summed E-state index contributed by atoms with van der Waals surface area (Å²) in [4.78, 5) is 0. The van der Waals surface area contributed by atoms with Crippen LogP contribution in [0.3, 0.4) is 0 Å². The molecule has 0 radical (unpaired) electrons. The number of hydrogen-bond acceptors (Lipinski definition) is 5. The lowest BCUT2D eigenvalue weighted by atomic mass is 10.1. The molecule has 1 aromatic carbocycles. The number of rotatable bonds is 10. The Hall–Kier alpha value is -0.750. The highest BCUT2D eigenvalue weighted by molar-refractivity contribution is 7.99. The van der Waals surface area contributed by atoms with E-state index >= 15 is 0 Å². The molecule has 0 saturated carbocycles. The summed E-state index contributed by atoms with van der Waals surface area (Å²) < 4.78 is 10.7. The Kier molecular flexibility index (Phi) is 8.66. The van der Waals surface area contributed by atoms with Crippen molar-refractivity contribution in [2.45, 2.75) is 19.4 Å². The minimum atomic E-state index is 0.107. The minimum Gasteiger partial charge on any atom is -0.491 e. The second-order valence-electron chi connectivity index (χ2n) is 4.17. The number of nitrogens with two attached hydrogens (primary N) is 1. The van der Waals surface area contributed by atoms with E-state index in [1.807, 2.05) is 30.0 Å². The molecule has 0 amide bonds. The first-order chi connectivity index (χ1) is 9.33. The number of benzene rings is 1. The third-order valence-electron chi connectivity index (χ3n) is 2.67. The van der Waals surface area contributed by atoms with Crippen LogP contribution in [0.2, 0.25) is 0 Å². The van der Waals surface area contributed by atoms with Crippen LogP contribution < -0.4 is 16.0 Å². The van der Waals surface area contributed by atoms with E-state index in [2.05, 4.69) is 18.4 Å². The summed E-state index contributed by atoms with van der Waals surface area (Å²) >= 11 is 1.90. The van der Waals surface area contributed by atoms with Crippen molar-refractivity contribution in [1.29, 1.82) is 0 Å². The number of nitrogens with one attached hydrogen (secondary N) is 1. The van der Waals surface area contributed by atoms with Gasteiger partial charge in [0.1, 0.15) is 12.4 Å². The van der Waals surface area contributed by atoms with Crippen molar-refractivity contribution in [3.63, 3.8) is 0 Å². The van der Waals surface area contributed by atoms with E-state index in [0.717, 1.165) is 22.8 Å². The van der Waals surface area contributed by atoms with Gasteiger partial charge in [-0.1, -0.05) is 25.1 Å². The molecule has 0 spiro atoms. The number of methoxy groups -OCH3 is 1. The Morgan fingerprint density at radius 3 is 2.79 bits per heavy atom. The second-order valence-corrected chi connectivity index (χ2v) is 5.32. The van der Waals surface area contributed by atoms with E-state index in [9.17, 15) is 0 Å². The minimum absolute atomic E-state index is 0.107. The highest BCUT2D eigenvalue weighted by Gasteiger charge is 2.14. The average molecular weight is 284 g/mol. The molecule has 0 aliphatic carbocycles. The lowest BCUT2D eigenvalue weighted by Gasteiger charge is -2.19. The first kappa shape index (κ1) is 16.3. The summed E-state index contributed by atoms with van der Waals surface area (Å²) in [7, 11) is 1.67. The van der Waals surface area contributed by atoms with Gasteiger partial charge in [-0.3, -0.25) is 11.3 Å². The standard InChI is InChI=1S/C14H24N2O2S/c1-3-10-19-11-13(16-15)12-6-4-5-7-14(12)18-9-8-17-2/h4-7,13,16H,3,8-11,15H2,1-2H3. The van der Waals surface area contributed by atoms with Crippen LogP contribution in [-0.4, -0.2) is 31.8 Å². The predicted molar refractivity (Wildman–Crippen MR) is 81.5 cm³/mol. The van der Waals surface area contributed by atoms with E-state index in [1.165, 1.54) is 6.42 Å². The van der Waals surface area contributed by atoms with Crippen molar-refractivity contribution < 1.29 is 9.47 Å². The molecular weight excluding hydrogens is 260 g/mol. The summed E-state index contributed by atoms with van der Waals surface area (Å²) in [6.07, 6.45) is 1.17. The van der Waals surface area contributed by atoms with Crippen molar-refractivity contribution in [2.24, 2.45) is 5.84 Å². The molecular formula is C14H24N2O2S. The number of thioether (sulfide) groups is 1. The molecule has 1 aromatic rings. The summed E-state index contributed by atoms with van der Waals surface area (Å²) in [5, 5.41) is 0. The van der Waals surface area contributed by atoms with Gasteiger partial charge < -0.3 is 9.47 Å². The Morgan fingerprint density at radius 1 is 1.32 bits per heavy atom. The van der Waals surface area contributed by atoms with E-state index < -0.39 is 0 Å². The van der Waals surface area contributed by atoms with Crippen LogP contribution in [0, 0.1) is 0 Å². The van der Waals surface area contributed by atoms with Crippen LogP contribution in [0.5, 0.6) is 5.75 Å². The van der Waals surface area contributed by atoms with Crippen LogP contribution in [0.15, 0.2) is 24.3 Å². The molecule has 19 heavy (non-hydrogen) atoms. The Morgan fingerprint density at radius 2 is 2.11 bits per heavy atom. The Balaban J connectivity index is 2.66. The van der Waals surface area contributed by atoms with Crippen molar-refractivity contribution >= 4 is 11.8 Å². The topological polar surface area (TPSA) is 56.5 Å². The number of hydrazine groups is 1. The fourth-order valence-electron chi connectivity index (χ4n) is 1.71. The van der Waals surface area contributed by atoms with Gasteiger partial charge in [0.05, 0.1) is 12.6 Å². The zero-order chi connectivity index (χ0) is 13.9. The monoisotopic (exact) mass is 284 g/mol. The highest BCUT2D eigenvalue weighted by Crippen LogP contribution is 2.27. The lowest BCUT2D eigenvalue weighted by molar-refractivity contribution is 0.145. The molecule has 0 fully saturated rings. The maximum Gasteiger partial charge on any atom is 0.124 e. The van der Waals surface area contributed by atoms with Crippen molar-refractivity contribution in [2.75, 3.05) is 31.8 Å². The van der Waals surface area contributed by atoms with Gasteiger partial charge in [-0.05, 0) is 18.2 Å². The Bertz CT molecular complexity index is 350. The molecule has 0 aromatic heterocycles. The third kappa shape index (κ3) is 5.82. The van der Waals surface area contributed by atoms with E-state index in [4.69, 9.17) is 15.3 Å². The summed E-state index contributed by atoms with van der Waals surface area (Å²) in [5.74, 6) is 8.62. The van der Waals surface area contributed by atoms with Crippen LogP contribution in [-0.2, 0) is 4.74 Å². The smallest absolute Gasteiger partial charge is 0.124 e. The van der Waals surface area contributed by atoms with E-state index in [1.54, 1.807) is 7.11 Å². The maximum absolute atomic E-state index is 5.74. The van der Waals surface area contributed by atoms with Gasteiger partial charge in [0.15, 0.2) is 0 Å². The van der Waals surface area contributed by atoms with Crippen molar-refractivity contribution in [3.8, 4) is 5.75 Å². The summed E-state index contributed by atoms with van der Waals surface area (Å²) in [6.45, 7) is 3.31. The first-order valence-electron chi connectivity index (χ1n) is 6.58.